The third kappa shape index (κ3) is 3.64. The van der Waals surface area contributed by atoms with E-state index in [1.165, 1.54) is 5.56 Å². The molecule has 1 unspecified atom stereocenters. The van der Waals surface area contributed by atoms with E-state index >= 15 is 0 Å². The van der Waals surface area contributed by atoms with E-state index in [-0.39, 0.29) is 6.10 Å². The van der Waals surface area contributed by atoms with Gasteiger partial charge in [-0.1, -0.05) is 42.1 Å². The van der Waals surface area contributed by atoms with Gasteiger partial charge in [0.25, 0.3) is 0 Å². The summed E-state index contributed by atoms with van der Waals surface area (Å²) < 4.78 is 2.04. The van der Waals surface area contributed by atoms with Crippen molar-refractivity contribution in [3.8, 4) is 0 Å². The molecule has 3 rings (SSSR count). The molecular weight excluding hydrogens is 284 g/mol. The third-order valence-corrected chi connectivity index (χ3v) is 4.78. The summed E-state index contributed by atoms with van der Waals surface area (Å²) in [6.45, 7) is 1.08. The Hall–Kier alpha value is -1.37. The lowest BCUT2D eigenvalue weighted by Crippen LogP contribution is -2.14. The molecule has 1 atom stereocenters. The second kappa shape index (κ2) is 6.60. The van der Waals surface area contributed by atoms with Crippen LogP contribution < -0.4 is 5.73 Å². The average Bonchev–Trinajstić information content (AvgIpc) is 3.29. The molecule has 1 aromatic heterocycles. The Labute approximate surface area is 128 Å². The lowest BCUT2D eigenvalue weighted by Gasteiger charge is -2.11. The minimum Gasteiger partial charge on any atom is -0.392 e. The Morgan fingerprint density at radius 3 is 2.71 bits per heavy atom. The molecule has 21 heavy (non-hydrogen) atoms. The molecule has 1 heterocycles. The summed E-state index contributed by atoms with van der Waals surface area (Å²) in [5.41, 5.74) is 6.94. The van der Waals surface area contributed by atoms with Crippen molar-refractivity contribution in [2.45, 2.75) is 37.2 Å². The number of hydrogen-bond acceptors (Lipinski definition) is 5. The summed E-state index contributed by atoms with van der Waals surface area (Å²) in [5.74, 6) is 1.93. The Bertz CT molecular complexity index is 583. The fraction of sp³-hybridized carbons (Fsp3) is 0.467. The van der Waals surface area contributed by atoms with Gasteiger partial charge in [0.2, 0.25) is 0 Å². The number of aliphatic hydroxyl groups excluding tert-OH is 1. The summed E-state index contributed by atoms with van der Waals surface area (Å²) in [5, 5.41) is 19.2. The minimum absolute atomic E-state index is 0.238. The number of nitrogens with zero attached hydrogens (tertiary/aromatic N) is 3. The maximum Gasteiger partial charge on any atom is 0.191 e. The highest BCUT2D eigenvalue weighted by Crippen LogP contribution is 2.34. The molecule has 1 aliphatic rings. The van der Waals surface area contributed by atoms with E-state index in [0.717, 1.165) is 23.8 Å². The van der Waals surface area contributed by atoms with Crippen molar-refractivity contribution in [2.75, 3.05) is 5.75 Å². The SMILES string of the molecule is NCc1nnc(SCC(O)C2CC2)n1Cc1ccccc1. The lowest BCUT2D eigenvalue weighted by atomic mass is 10.2. The maximum atomic E-state index is 9.99. The first kappa shape index (κ1) is 14.6. The van der Waals surface area contributed by atoms with Crippen LogP contribution in [0.15, 0.2) is 35.5 Å². The zero-order valence-electron chi connectivity index (χ0n) is 11.9. The minimum atomic E-state index is -0.238. The van der Waals surface area contributed by atoms with Gasteiger partial charge in [-0.3, -0.25) is 0 Å². The smallest absolute Gasteiger partial charge is 0.191 e. The number of hydrogen-bond donors (Lipinski definition) is 2. The molecule has 3 N–H and O–H groups in total. The third-order valence-electron chi connectivity index (χ3n) is 3.71. The molecule has 0 saturated heterocycles. The van der Waals surface area contributed by atoms with Gasteiger partial charge in [-0.05, 0) is 24.3 Å². The fourth-order valence-corrected chi connectivity index (χ4v) is 3.29. The van der Waals surface area contributed by atoms with Crippen LogP contribution in [0.3, 0.4) is 0 Å². The van der Waals surface area contributed by atoms with Gasteiger partial charge < -0.3 is 15.4 Å². The van der Waals surface area contributed by atoms with Gasteiger partial charge in [-0.25, -0.2) is 0 Å². The number of rotatable bonds is 7. The lowest BCUT2D eigenvalue weighted by molar-refractivity contribution is 0.176. The van der Waals surface area contributed by atoms with E-state index in [1.807, 2.05) is 22.8 Å². The first-order valence-electron chi connectivity index (χ1n) is 7.25. The Kier molecular flexibility index (Phi) is 4.57. The zero-order valence-corrected chi connectivity index (χ0v) is 12.7. The molecule has 1 saturated carbocycles. The summed E-state index contributed by atoms with van der Waals surface area (Å²) in [7, 11) is 0. The van der Waals surface area contributed by atoms with Gasteiger partial charge in [0.15, 0.2) is 5.16 Å². The number of aromatic nitrogens is 3. The van der Waals surface area contributed by atoms with Gasteiger partial charge in [0.05, 0.1) is 19.2 Å². The van der Waals surface area contributed by atoms with Crippen LogP contribution in [0.5, 0.6) is 0 Å². The largest absolute Gasteiger partial charge is 0.392 e. The summed E-state index contributed by atoms with van der Waals surface area (Å²) in [6.07, 6.45) is 2.05. The van der Waals surface area contributed by atoms with Crippen molar-refractivity contribution in [1.29, 1.82) is 0 Å². The molecule has 1 aliphatic carbocycles. The highest BCUT2D eigenvalue weighted by atomic mass is 32.2. The highest BCUT2D eigenvalue weighted by Gasteiger charge is 2.30. The van der Waals surface area contributed by atoms with Crippen LogP contribution in [0.2, 0.25) is 0 Å². The van der Waals surface area contributed by atoms with Gasteiger partial charge in [0, 0.05) is 5.75 Å². The molecule has 2 aromatic rings. The van der Waals surface area contributed by atoms with E-state index in [4.69, 9.17) is 5.73 Å². The maximum absolute atomic E-state index is 9.99. The predicted molar refractivity (Wildman–Crippen MR) is 82.9 cm³/mol. The van der Waals surface area contributed by atoms with E-state index in [2.05, 4.69) is 22.3 Å². The van der Waals surface area contributed by atoms with Crippen LogP contribution in [0, 0.1) is 5.92 Å². The fourth-order valence-electron chi connectivity index (χ4n) is 2.28. The molecule has 0 aliphatic heterocycles. The molecular formula is C15H20N4OS. The first-order valence-corrected chi connectivity index (χ1v) is 8.23. The van der Waals surface area contributed by atoms with Crippen LogP contribution in [0.4, 0.5) is 0 Å². The van der Waals surface area contributed by atoms with Crippen LogP contribution in [-0.4, -0.2) is 31.7 Å². The number of thioether (sulfide) groups is 1. The molecule has 0 spiro atoms. The van der Waals surface area contributed by atoms with Crippen molar-refractivity contribution < 1.29 is 5.11 Å². The summed E-state index contributed by atoms with van der Waals surface area (Å²) in [4.78, 5) is 0. The Balaban J connectivity index is 1.72. The number of benzene rings is 1. The summed E-state index contributed by atoms with van der Waals surface area (Å²) >= 11 is 1.56. The van der Waals surface area contributed by atoms with Gasteiger partial charge in [0.1, 0.15) is 5.82 Å². The summed E-state index contributed by atoms with van der Waals surface area (Å²) in [6, 6.07) is 10.2. The van der Waals surface area contributed by atoms with Crippen LogP contribution in [0.1, 0.15) is 24.2 Å². The van der Waals surface area contributed by atoms with Crippen molar-refractivity contribution in [1.82, 2.24) is 14.8 Å². The first-order chi connectivity index (χ1) is 10.3. The normalized spacial score (nSPS) is 16.1. The number of aliphatic hydroxyl groups is 1. The zero-order chi connectivity index (χ0) is 14.7. The molecule has 1 aromatic carbocycles. The standard InChI is InChI=1S/C15H20N4OS/c16-8-14-17-18-15(21-10-13(20)12-6-7-12)19(14)9-11-4-2-1-3-5-11/h1-5,12-13,20H,6-10,16H2. The van der Waals surface area contributed by atoms with Gasteiger partial charge in [-0.15, -0.1) is 10.2 Å². The topological polar surface area (TPSA) is 77.0 Å². The van der Waals surface area contributed by atoms with Crippen molar-refractivity contribution in [2.24, 2.45) is 11.7 Å². The highest BCUT2D eigenvalue weighted by molar-refractivity contribution is 7.99. The quantitative estimate of drug-likeness (QED) is 0.761. The molecule has 0 radical (unpaired) electrons. The molecule has 0 amide bonds. The van der Waals surface area contributed by atoms with Crippen molar-refractivity contribution in [3.05, 3.63) is 41.7 Å². The van der Waals surface area contributed by atoms with Crippen LogP contribution in [0.25, 0.3) is 0 Å². The predicted octanol–water partition coefficient (Wildman–Crippen LogP) is 1.65. The molecule has 1 fully saturated rings. The van der Waals surface area contributed by atoms with Gasteiger partial charge >= 0.3 is 0 Å². The second-order valence-electron chi connectivity index (χ2n) is 5.39. The van der Waals surface area contributed by atoms with Crippen LogP contribution >= 0.6 is 11.8 Å². The van der Waals surface area contributed by atoms with E-state index in [9.17, 15) is 5.11 Å². The number of nitrogens with two attached hydrogens (primary N) is 1. The van der Waals surface area contributed by atoms with E-state index in [0.29, 0.717) is 24.8 Å². The Morgan fingerprint density at radius 1 is 1.29 bits per heavy atom. The molecule has 5 nitrogen and oxygen atoms in total. The van der Waals surface area contributed by atoms with Crippen molar-refractivity contribution in [3.63, 3.8) is 0 Å². The molecule has 0 bridgehead atoms. The van der Waals surface area contributed by atoms with Crippen LogP contribution in [-0.2, 0) is 13.1 Å². The second-order valence-corrected chi connectivity index (χ2v) is 6.38. The monoisotopic (exact) mass is 304 g/mol. The Morgan fingerprint density at radius 2 is 2.05 bits per heavy atom. The van der Waals surface area contributed by atoms with Gasteiger partial charge in [-0.2, -0.15) is 0 Å². The molecule has 112 valence electrons. The van der Waals surface area contributed by atoms with Crippen molar-refractivity contribution >= 4 is 11.8 Å². The molecule has 6 heteroatoms. The van der Waals surface area contributed by atoms with E-state index < -0.39 is 0 Å². The average molecular weight is 304 g/mol. The van der Waals surface area contributed by atoms with E-state index in [1.54, 1.807) is 11.8 Å².